The van der Waals surface area contributed by atoms with E-state index < -0.39 is 12.4 Å². The summed E-state index contributed by atoms with van der Waals surface area (Å²) >= 11 is 0. The van der Waals surface area contributed by atoms with Crippen molar-refractivity contribution in [3.63, 3.8) is 0 Å². The van der Waals surface area contributed by atoms with Gasteiger partial charge < -0.3 is 14.6 Å². The highest BCUT2D eigenvalue weighted by atomic mass is 16.7. The molecule has 1 aliphatic heterocycles. The van der Waals surface area contributed by atoms with Gasteiger partial charge in [-0.05, 0) is 25.3 Å². The summed E-state index contributed by atoms with van der Waals surface area (Å²) in [6.07, 6.45) is 0.834. The Labute approximate surface area is 96.0 Å². The summed E-state index contributed by atoms with van der Waals surface area (Å²) in [6.45, 7) is 2.49. The average Bonchev–Trinajstić information content (AvgIpc) is 2.32. The number of hydrogen-bond donors (Lipinski definition) is 1. The van der Waals surface area contributed by atoms with E-state index in [0.29, 0.717) is 6.61 Å². The highest BCUT2D eigenvalue weighted by Crippen LogP contribution is 2.21. The summed E-state index contributed by atoms with van der Waals surface area (Å²) < 4.78 is 11.1. The molecular formula is C13H18O3. The van der Waals surface area contributed by atoms with Gasteiger partial charge in [0.05, 0.1) is 12.7 Å². The minimum Gasteiger partial charge on any atom is -0.388 e. The lowest BCUT2D eigenvalue weighted by atomic mass is 10.1. The van der Waals surface area contributed by atoms with Gasteiger partial charge >= 0.3 is 0 Å². The van der Waals surface area contributed by atoms with Gasteiger partial charge in [0.15, 0.2) is 6.29 Å². The van der Waals surface area contributed by atoms with E-state index in [2.05, 4.69) is 0 Å². The van der Waals surface area contributed by atoms with Gasteiger partial charge in [0.2, 0.25) is 0 Å². The van der Waals surface area contributed by atoms with Gasteiger partial charge in [-0.15, -0.1) is 0 Å². The molecule has 3 heteroatoms. The van der Waals surface area contributed by atoms with Crippen LogP contribution in [0.2, 0.25) is 0 Å². The lowest BCUT2D eigenvalue weighted by Crippen LogP contribution is -2.39. The zero-order valence-corrected chi connectivity index (χ0v) is 9.50. The maximum atomic E-state index is 9.71. The van der Waals surface area contributed by atoms with Gasteiger partial charge in [-0.25, -0.2) is 0 Å². The van der Waals surface area contributed by atoms with Gasteiger partial charge in [0, 0.05) is 0 Å². The Morgan fingerprint density at radius 3 is 2.81 bits per heavy atom. The minimum absolute atomic E-state index is 0.171. The van der Waals surface area contributed by atoms with Crippen LogP contribution >= 0.6 is 0 Å². The van der Waals surface area contributed by atoms with Gasteiger partial charge in [-0.3, -0.25) is 0 Å². The molecule has 3 nitrogen and oxygen atoms in total. The Bertz CT molecular complexity index is 312. The summed E-state index contributed by atoms with van der Waals surface area (Å²) in [4.78, 5) is 0. The Balaban J connectivity index is 1.85. The summed E-state index contributed by atoms with van der Waals surface area (Å²) in [7, 11) is 0. The Hall–Kier alpha value is -0.900. The SMILES string of the molecule is C[C@H]1CC[C@@H](O)[C@H](OCc2ccccc2)O1. The molecule has 3 atom stereocenters. The molecular weight excluding hydrogens is 204 g/mol. The van der Waals surface area contributed by atoms with Gasteiger partial charge in [0.25, 0.3) is 0 Å². The molecule has 0 aliphatic carbocycles. The molecule has 1 aromatic carbocycles. The van der Waals surface area contributed by atoms with Crippen LogP contribution in [-0.4, -0.2) is 23.6 Å². The zero-order valence-electron chi connectivity index (χ0n) is 9.50. The highest BCUT2D eigenvalue weighted by molar-refractivity contribution is 5.13. The van der Waals surface area contributed by atoms with E-state index in [0.717, 1.165) is 18.4 Å². The molecule has 0 aromatic heterocycles. The van der Waals surface area contributed by atoms with Crippen LogP contribution in [0, 0.1) is 0 Å². The van der Waals surface area contributed by atoms with Crippen LogP contribution in [0.4, 0.5) is 0 Å². The molecule has 0 radical (unpaired) electrons. The highest BCUT2D eigenvalue weighted by Gasteiger charge is 2.28. The van der Waals surface area contributed by atoms with Crippen molar-refractivity contribution in [2.45, 2.75) is 44.9 Å². The first kappa shape index (κ1) is 11.6. The maximum absolute atomic E-state index is 9.71. The van der Waals surface area contributed by atoms with E-state index in [1.54, 1.807) is 0 Å². The van der Waals surface area contributed by atoms with Crippen LogP contribution in [-0.2, 0) is 16.1 Å². The molecule has 1 aliphatic rings. The van der Waals surface area contributed by atoms with Crippen molar-refractivity contribution in [3.05, 3.63) is 35.9 Å². The van der Waals surface area contributed by atoms with Gasteiger partial charge in [-0.1, -0.05) is 30.3 Å². The normalized spacial score (nSPS) is 30.2. The van der Waals surface area contributed by atoms with E-state index in [9.17, 15) is 5.11 Å². The quantitative estimate of drug-likeness (QED) is 0.851. The number of rotatable bonds is 3. The standard InChI is InChI=1S/C13H18O3/c1-10-7-8-12(14)13(16-10)15-9-11-5-3-2-4-6-11/h2-6,10,12-14H,7-9H2,1H3/t10-,12+,13+/m0/s1. The van der Waals surface area contributed by atoms with Gasteiger partial charge in [0.1, 0.15) is 6.10 Å². The lowest BCUT2D eigenvalue weighted by Gasteiger charge is -2.31. The third-order valence-electron chi connectivity index (χ3n) is 2.81. The van der Waals surface area contributed by atoms with Crippen LogP contribution < -0.4 is 0 Å². The topological polar surface area (TPSA) is 38.7 Å². The second-order valence-electron chi connectivity index (χ2n) is 4.26. The number of ether oxygens (including phenoxy) is 2. The smallest absolute Gasteiger partial charge is 0.184 e. The first-order valence-corrected chi connectivity index (χ1v) is 5.75. The molecule has 0 bridgehead atoms. The van der Waals surface area contributed by atoms with Crippen molar-refractivity contribution >= 4 is 0 Å². The van der Waals surface area contributed by atoms with Crippen LogP contribution in [0.1, 0.15) is 25.3 Å². The van der Waals surface area contributed by atoms with Crippen molar-refractivity contribution in [2.24, 2.45) is 0 Å². The van der Waals surface area contributed by atoms with Crippen molar-refractivity contribution in [2.75, 3.05) is 0 Å². The Morgan fingerprint density at radius 2 is 2.06 bits per heavy atom. The second-order valence-corrected chi connectivity index (χ2v) is 4.26. The van der Waals surface area contributed by atoms with Gasteiger partial charge in [-0.2, -0.15) is 0 Å². The molecule has 0 amide bonds. The lowest BCUT2D eigenvalue weighted by molar-refractivity contribution is -0.241. The first-order chi connectivity index (χ1) is 7.75. The maximum Gasteiger partial charge on any atom is 0.184 e. The van der Waals surface area contributed by atoms with E-state index in [-0.39, 0.29) is 6.10 Å². The van der Waals surface area contributed by atoms with Crippen molar-refractivity contribution in [3.8, 4) is 0 Å². The van der Waals surface area contributed by atoms with Crippen LogP contribution in [0.25, 0.3) is 0 Å². The van der Waals surface area contributed by atoms with E-state index >= 15 is 0 Å². The van der Waals surface area contributed by atoms with Crippen molar-refractivity contribution < 1.29 is 14.6 Å². The first-order valence-electron chi connectivity index (χ1n) is 5.75. The molecule has 1 heterocycles. The number of aliphatic hydroxyl groups is 1. The summed E-state index contributed by atoms with van der Waals surface area (Å²) in [6, 6.07) is 9.91. The number of hydrogen-bond acceptors (Lipinski definition) is 3. The molecule has 1 fully saturated rings. The van der Waals surface area contributed by atoms with Crippen LogP contribution in [0.15, 0.2) is 30.3 Å². The van der Waals surface area contributed by atoms with Crippen LogP contribution in [0.3, 0.4) is 0 Å². The van der Waals surface area contributed by atoms with E-state index in [4.69, 9.17) is 9.47 Å². The largest absolute Gasteiger partial charge is 0.388 e. The molecule has 88 valence electrons. The predicted molar refractivity (Wildman–Crippen MR) is 60.8 cm³/mol. The second kappa shape index (κ2) is 5.43. The third-order valence-corrected chi connectivity index (χ3v) is 2.81. The average molecular weight is 222 g/mol. The van der Waals surface area contributed by atoms with E-state index in [1.165, 1.54) is 0 Å². The molecule has 1 saturated heterocycles. The molecule has 2 rings (SSSR count). The molecule has 0 spiro atoms. The zero-order chi connectivity index (χ0) is 11.4. The fraction of sp³-hybridized carbons (Fsp3) is 0.538. The number of aliphatic hydroxyl groups excluding tert-OH is 1. The van der Waals surface area contributed by atoms with Crippen molar-refractivity contribution in [1.82, 2.24) is 0 Å². The summed E-state index contributed by atoms with van der Waals surface area (Å²) in [5, 5.41) is 9.71. The summed E-state index contributed by atoms with van der Waals surface area (Å²) in [5.74, 6) is 0. The molecule has 1 N–H and O–H groups in total. The summed E-state index contributed by atoms with van der Waals surface area (Å²) in [5.41, 5.74) is 1.09. The number of benzene rings is 1. The molecule has 1 aromatic rings. The Morgan fingerprint density at radius 1 is 1.31 bits per heavy atom. The van der Waals surface area contributed by atoms with E-state index in [1.807, 2.05) is 37.3 Å². The van der Waals surface area contributed by atoms with Crippen molar-refractivity contribution in [1.29, 1.82) is 0 Å². The Kier molecular flexibility index (Phi) is 3.93. The molecule has 0 saturated carbocycles. The fourth-order valence-corrected chi connectivity index (χ4v) is 1.83. The monoisotopic (exact) mass is 222 g/mol. The third kappa shape index (κ3) is 3.04. The molecule has 0 unspecified atom stereocenters. The minimum atomic E-state index is -0.500. The molecule has 16 heavy (non-hydrogen) atoms. The fourth-order valence-electron chi connectivity index (χ4n) is 1.83. The van der Waals surface area contributed by atoms with Crippen LogP contribution in [0.5, 0.6) is 0 Å². The predicted octanol–water partition coefficient (Wildman–Crippen LogP) is 2.09.